The highest BCUT2D eigenvalue weighted by molar-refractivity contribution is 6.24. The van der Waals surface area contributed by atoms with Crippen LogP contribution in [0, 0.1) is 0 Å². The van der Waals surface area contributed by atoms with E-state index in [-0.39, 0.29) is 5.82 Å². The van der Waals surface area contributed by atoms with E-state index < -0.39 is 0 Å². The van der Waals surface area contributed by atoms with Gasteiger partial charge in [0.25, 0.3) is 0 Å². The number of nitrogens with zero attached hydrogens (tertiary/aromatic N) is 1. The molecule has 1 atom stereocenters. The third kappa shape index (κ3) is 1.43. The van der Waals surface area contributed by atoms with Crippen LogP contribution in [-0.2, 0) is 0 Å². The smallest absolute Gasteiger partial charge is 0.120 e. The van der Waals surface area contributed by atoms with E-state index in [0.717, 1.165) is 12.8 Å². The van der Waals surface area contributed by atoms with Crippen LogP contribution in [0.2, 0.25) is 5.82 Å². The van der Waals surface area contributed by atoms with Crippen molar-refractivity contribution in [3.63, 3.8) is 0 Å². The molecule has 0 aliphatic carbocycles. The SMILES string of the molecule is [B]C1CCCN=C1NF. The van der Waals surface area contributed by atoms with Gasteiger partial charge < -0.3 is 0 Å². The molecule has 1 aliphatic rings. The Morgan fingerprint density at radius 2 is 2.56 bits per heavy atom. The Morgan fingerprint density at radius 3 is 3.00 bits per heavy atom. The number of halogens is 1. The molecule has 0 bridgehead atoms. The minimum atomic E-state index is -0.219. The van der Waals surface area contributed by atoms with Crippen LogP contribution in [0.1, 0.15) is 12.8 Å². The van der Waals surface area contributed by atoms with Crippen molar-refractivity contribution >= 4 is 13.7 Å². The van der Waals surface area contributed by atoms with Crippen molar-refractivity contribution < 1.29 is 4.48 Å². The molecule has 1 N–H and O–H groups in total. The van der Waals surface area contributed by atoms with Crippen LogP contribution in [0.25, 0.3) is 0 Å². The second kappa shape index (κ2) is 2.85. The molecule has 0 aromatic heterocycles. The van der Waals surface area contributed by atoms with Gasteiger partial charge in [0.1, 0.15) is 5.84 Å². The Bertz CT molecular complexity index is 126. The van der Waals surface area contributed by atoms with Gasteiger partial charge in [0, 0.05) is 6.54 Å². The first-order chi connectivity index (χ1) is 4.34. The normalized spacial score (nSPS) is 27.2. The summed E-state index contributed by atoms with van der Waals surface area (Å²) >= 11 is 0. The summed E-state index contributed by atoms with van der Waals surface area (Å²) in [7, 11) is 5.46. The molecule has 9 heavy (non-hydrogen) atoms. The van der Waals surface area contributed by atoms with Crippen LogP contribution >= 0.6 is 0 Å². The quantitative estimate of drug-likeness (QED) is 0.373. The molecule has 4 heteroatoms. The highest BCUT2D eigenvalue weighted by Crippen LogP contribution is 2.14. The van der Waals surface area contributed by atoms with Gasteiger partial charge in [-0.05, 0) is 18.7 Å². The largest absolute Gasteiger partial charge is 0.271 e. The van der Waals surface area contributed by atoms with Crippen LogP contribution in [-0.4, -0.2) is 20.2 Å². The molecule has 2 nitrogen and oxygen atoms in total. The molecule has 0 aromatic carbocycles. The Balaban J connectivity index is 2.53. The van der Waals surface area contributed by atoms with Crippen LogP contribution in [0.4, 0.5) is 4.48 Å². The van der Waals surface area contributed by atoms with E-state index in [9.17, 15) is 4.48 Å². The van der Waals surface area contributed by atoms with E-state index in [4.69, 9.17) is 7.85 Å². The maximum atomic E-state index is 11.7. The summed E-state index contributed by atoms with van der Waals surface area (Å²) in [5.74, 6) is 0.0741. The second-order valence-electron chi connectivity index (χ2n) is 2.11. The molecule has 0 saturated carbocycles. The van der Waals surface area contributed by atoms with E-state index in [2.05, 4.69) is 4.99 Å². The molecule has 0 fully saturated rings. The van der Waals surface area contributed by atoms with Crippen LogP contribution < -0.4 is 5.54 Å². The lowest BCUT2D eigenvalue weighted by molar-refractivity contribution is 0.421. The van der Waals surface area contributed by atoms with Crippen molar-refractivity contribution in [1.82, 2.24) is 5.54 Å². The summed E-state index contributed by atoms with van der Waals surface area (Å²) < 4.78 is 11.7. The Hall–Kier alpha value is -0.535. The molecule has 1 aliphatic heterocycles. The average Bonchev–Trinajstić information content (AvgIpc) is 1.89. The van der Waals surface area contributed by atoms with Gasteiger partial charge in [-0.25, -0.2) is 5.54 Å². The number of nitrogens with one attached hydrogen (secondary N) is 1. The van der Waals surface area contributed by atoms with Gasteiger partial charge in [0.2, 0.25) is 0 Å². The van der Waals surface area contributed by atoms with E-state index in [1.165, 1.54) is 5.54 Å². The predicted molar refractivity (Wildman–Crippen MR) is 35.3 cm³/mol. The second-order valence-corrected chi connectivity index (χ2v) is 2.11. The Kier molecular flexibility index (Phi) is 2.08. The molecular formula is C5H8BFN2. The van der Waals surface area contributed by atoms with Gasteiger partial charge in [-0.15, -0.1) is 4.48 Å². The Labute approximate surface area is 54.9 Å². The van der Waals surface area contributed by atoms with E-state index in [0.29, 0.717) is 12.4 Å². The summed E-state index contributed by atoms with van der Waals surface area (Å²) in [6.45, 7) is 0.694. The van der Waals surface area contributed by atoms with Crippen LogP contribution in [0.3, 0.4) is 0 Å². The number of hydrogen-bond donors (Lipinski definition) is 1. The number of hydrogen-bond acceptors (Lipinski definition) is 2. The number of aliphatic imine (C=N–C) groups is 1. The molecule has 48 valence electrons. The lowest BCUT2D eigenvalue weighted by Crippen LogP contribution is -2.24. The van der Waals surface area contributed by atoms with Crippen molar-refractivity contribution in [2.45, 2.75) is 18.7 Å². The minimum absolute atomic E-state index is 0.219. The van der Waals surface area contributed by atoms with Gasteiger partial charge in [0.15, 0.2) is 0 Å². The van der Waals surface area contributed by atoms with Gasteiger partial charge in [-0.3, -0.25) is 4.99 Å². The minimum Gasteiger partial charge on any atom is -0.271 e. The first-order valence-corrected chi connectivity index (χ1v) is 3.01. The highest BCUT2D eigenvalue weighted by Gasteiger charge is 2.12. The number of rotatable bonds is 0. The summed E-state index contributed by atoms with van der Waals surface area (Å²) in [6.07, 6.45) is 1.79. The lowest BCUT2D eigenvalue weighted by atomic mass is 9.81. The molecule has 1 rings (SSSR count). The zero-order valence-electron chi connectivity index (χ0n) is 5.10. The van der Waals surface area contributed by atoms with Gasteiger partial charge in [-0.2, -0.15) is 0 Å². The zero-order valence-corrected chi connectivity index (χ0v) is 5.10. The fraction of sp³-hybridized carbons (Fsp3) is 0.800. The van der Waals surface area contributed by atoms with Crippen molar-refractivity contribution in [3.05, 3.63) is 0 Å². The monoisotopic (exact) mass is 126 g/mol. The van der Waals surface area contributed by atoms with Crippen molar-refractivity contribution in [2.24, 2.45) is 4.99 Å². The van der Waals surface area contributed by atoms with Crippen molar-refractivity contribution in [1.29, 1.82) is 0 Å². The summed E-state index contributed by atoms with van der Waals surface area (Å²) in [4.78, 5) is 3.83. The summed E-state index contributed by atoms with van der Waals surface area (Å²) in [5.41, 5.74) is 1.48. The fourth-order valence-corrected chi connectivity index (χ4v) is 0.865. The zero-order chi connectivity index (χ0) is 6.69. The molecule has 1 heterocycles. The van der Waals surface area contributed by atoms with E-state index in [1.54, 1.807) is 0 Å². The van der Waals surface area contributed by atoms with E-state index in [1.807, 2.05) is 0 Å². The molecule has 0 amide bonds. The molecule has 0 aromatic rings. The first kappa shape index (κ1) is 6.58. The van der Waals surface area contributed by atoms with Gasteiger partial charge >= 0.3 is 0 Å². The number of amidine groups is 1. The van der Waals surface area contributed by atoms with Gasteiger partial charge in [0.05, 0.1) is 7.85 Å². The van der Waals surface area contributed by atoms with E-state index >= 15 is 0 Å². The maximum Gasteiger partial charge on any atom is 0.120 e. The van der Waals surface area contributed by atoms with Crippen LogP contribution in [0.5, 0.6) is 0 Å². The maximum absolute atomic E-state index is 11.7. The van der Waals surface area contributed by atoms with Crippen molar-refractivity contribution in [3.8, 4) is 0 Å². The average molecular weight is 126 g/mol. The summed E-state index contributed by atoms with van der Waals surface area (Å²) in [6, 6.07) is 0. The van der Waals surface area contributed by atoms with Crippen LogP contribution in [0.15, 0.2) is 4.99 Å². The van der Waals surface area contributed by atoms with Crippen molar-refractivity contribution in [2.75, 3.05) is 6.54 Å². The predicted octanol–water partition coefficient (Wildman–Crippen LogP) is 0.610. The molecule has 2 radical (unpaired) electrons. The lowest BCUT2D eigenvalue weighted by Gasteiger charge is -2.16. The van der Waals surface area contributed by atoms with Gasteiger partial charge in [-0.1, -0.05) is 0 Å². The molecular weight excluding hydrogens is 118 g/mol. The first-order valence-electron chi connectivity index (χ1n) is 3.01. The Morgan fingerprint density at radius 1 is 1.78 bits per heavy atom. The topological polar surface area (TPSA) is 24.4 Å². The molecule has 1 unspecified atom stereocenters. The third-order valence-corrected chi connectivity index (χ3v) is 1.40. The summed E-state index contributed by atoms with van der Waals surface area (Å²) in [5, 5.41) is 0. The standard InChI is InChI=1S/C5H8BFN2/c6-4-2-1-3-8-5(4)9-7/h4H,1-3H2,(H,8,9). The third-order valence-electron chi connectivity index (χ3n) is 1.40. The molecule has 0 saturated heterocycles. The highest BCUT2D eigenvalue weighted by atomic mass is 19.2. The molecule has 0 spiro atoms. The fourth-order valence-electron chi connectivity index (χ4n) is 0.865.